The molecule has 0 unspecified atom stereocenters. The summed E-state index contributed by atoms with van der Waals surface area (Å²) in [7, 11) is 0. The number of rotatable bonds is 3. The summed E-state index contributed by atoms with van der Waals surface area (Å²) in [5, 5.41) is 10.2. The van der Waals surface area contributed by atoms with Crippen LogP contribution in [0.15, 0.2) is 29.2 Å². The zero-order chi connectivity index (χ0) is 20.1. The maximum atomic E-state index is 13.6. The molecule has 2 aliphatic rings. The number of nitriles is 1. The summed E-state index contributed by atoms with van der Waals surface area (Å²) < 4.78 is 16.4. The number of hydrogen-bond acceptors (Lipinski definition) is 4. The molecule has 4 rings (SSSR count). The van der Waals surface area contributed by atoms with Crippen LogP contribution < -0.4 is 15.8 Å². The van der Waals surface area contributed by atoms with Crippen molar-refractivity contribution in [2.75, 3.05) is 5.32 Å². The summed E-state index contributed by atoms with van der Waals surface area (Å²) in [4.78, 5) is 13.1. The van der Waals surface area contributed by atoms with Crippen LogP contribution in [0, 0.1) is 24.2 Å². The van der Waals surface area contributed by atoms with Crippen LogP contribution in [0.3, 0.4) is 0 Å². The molecule has 2 aliphatic carbocycles. The maximum Gasteiger partial charge on any atom is 0.329 e. The normalized spacial score (nSPS) is 13.6. The summed E-state index contributed by atoms with van der Waals surface area (Å²) in [6, 6.07) is 7.06. The van der Waals surface area contributed by atoms with Crippen LogP contribution in [-0.2, 0) is 25.7 Å². The molecule has 2 amide bonds. The Morgan fingerprint density at radius 2 is 1.75 bits per heavy atom. The fourth-order valence-electron chi connectivity index (χ4n) is 3.85. The quantitative estimate of drug-likeness (QED) is 0.407. The van der Waals surface area contributed by atoms with E-state index >= 15 is 0 Å². The van der Waals surface area contributed by atoms with E-state index in [1.807, 2.05) is 0 Å². The van der Waals surface area contributed by atoms with Crippen molar-refractivity contribution in [3.8, 4) is 6.19 Å². The predicted octanol–water partition coefficient (Wildman–Crippen LogP) is 4.37. The third kappa shape index (κ3) is 4.39. The van der Waals surface area contributed by atoms with E-state index in [9.17, 15) is 9.18 Å². The number of urea groups is 1. The van der Waals surface area contributed by atoms with Crippen LogP contribution in [-0.4, -0.2) is 6.03 Å². The number of aryl methyl sites for hydroxylation is 3. The van der Waals surface area contributed by atoms with Gasteiger partial charge in [0.05, 0.1) is 0 Å². The average molecular weight is 399 g/mol. The second-order valence-corrected chi connectivity index (χ2v) is 7.81. The fourth-order valence-corrected chi connectivity index (χ4v) is 4.41. The van der Waals surface area contributed by atoms with Crippen LogP contribution in [0.4, 0.5) is 14.9 Å². The molecule has 0 saturated carbocycles. The first-order valence-corrected chi connectivity index (χ1v) is 10.1. The van der Waals surface area contributed by atoms with Crippen molar-refractivity contribution in [1.82, 2.24) is 4.72 Å². The molecule has 28 heavy (non-hydrogen) atoms. The van der Waals surface area contributed by atoms with Gasteiger partial charge in [-0.2, -0.15) is 5.26 Å². The molecule has 2 aromatic rings. The Kier molecular flexibility index (Phi) is 6.42. The lowest BCUT2D eigenvalue weighted by atomic mass is 9.99. The number of carbonyl (C=O) groups excluding carboxylic acids is 1. The Morgan fingerprint density at radius 3 is 2.32 bits per heavy atom. The zero-order valence-electron chi connectivity index (χ0n) is 15.8. The largest absolute Gasteiger partial charge is 0.337 e. The molecule has 0 fully saturated rings. The number of carbonyl (C=O) groups is 1. The van der Waals surface area contributed by atoms with Gasteiger partial charge >= 0.3 is 6.03 Å². The zero-order valence-corrected chi connectivity index (χ0v) is 16.6. The van der Waals surface area contributed by atoms with Crippen molar-refractivity contribution in [2.45, 2.75) is 50.3 Å². The van der Waals surface area contributed by atoms with Gasteiger partial charge in [0, 0.05) is 10.6 Å². The van der Waals surface area contributed by atoms with Crippen LogP contribution in [0.5, 0.6) is 0 Å². The number of benzene rings is 2. The molecule has 0 saturated heterocycles. The highest BCUT2D eigenvalue weighted by Gasteiger charge is 2.24. The Bertz CT molecular complexity index is 907. The van der Waals surface area contributed by atoms with Crippen LogP contribution >= 0.6 is 11.9 Å². The lowest BCUT2D eigenvalue weighted by molar-refractivity contribution is 0.257. The van der Waals surface area contributed by atoms with E-state index in [4.69, 9.17) is 5.26 Å². The molecule has 0 aromatic heterocycles. The molecular weight excluding hydrogens is 375 g/mol. The van der Waals surface area contributed by atoms with E-state index in [1.54, 1.807) is 19.1 Å². The van der Waals surface area contributed by atoms with Crippen molar-refractivity contribution in [3.63, 3.8) is 0 Å². The van der Waals surface area contributed by atoms with Gasteiger partial charge in [0.25, 0.3) is 0 Å². The molecule has 0 aliphatic heterocycles. The van der Waals surface area contributed by atoms with Gasteiger partial charge in [0.15, 0.2) is 6.19 Å². The van der Waals surface area contributed by atoms with Crippen LogP contribution in [0.2, 0.25) is 0 Å². The molecule has 2 aromatic carbocycles. The van der Waals surface area contributed by atoms with Gasteiger partial charge in [-0.3, -0.25) is 4.72 Å². The van der Waals surface area contributed by atoms with Crippen LogP contribution in [0.25, 0.3) is 0 Å². The first-order chi connectivity index (χ1) is 13.5. The summed E-state index contributed by atoms with van der Waals surface area (Å²) in [6.45, 7) is 1.72. The third-order valence-electron chi connectivity index (χ3n) is 5.12. The Labute approximate surface area is 168 Å². The molecule has 0 heterocycles. The second kappa shape index (κ2) is 8.98. The first kappa shape index (κ1) is 20.0. The molecule has 4 N–H and O–H groups in total. The van der Waals surface area contributed by atoms with Crippen LogP contribution in [0.1, 0.15) is 40.7 Å². The predicted molar refractivity (Wildman–Crippen MR) is 109 cm³/mol. The molecule has 7 heteroatoms. The van der Waals surface area contributed by atoms with E-state index in [0.29, 0.717) is 10.5 Å². The van der Waals surface area contributed by atoms with Crippen molar-refractivity contribution < 1.29 is 9.18 Å². The van der Waals surface area contributed by atoms with E-state index < -0.39 is 0 Å². The number of anilines is 1. The highest BCUT2D eigenvalue weighted by Crippen LogP contribution is 2.38. The smallest absolute Gasteiger partial charge is 0.329 e. The number of amides is 2. The van der Waals surface area contributed by atoms with Gasteiger partial charge in [0.2, 0.25) is 0 Å². The van der Waals surface area contributed by atoms with E-state index in [1.165, 1.54) is 34.5 Å². The van der Waals surface area contributed by atoms with Gasteiger partial charge in [-0.1, -0.05) is 12.1 Å². The molecule has 0 atom stereocenters. The Morgan fingerprint density at radius 1 is 1.14 bits per heavy atom. The first-order valence-electron chi connectivity index (χ1n) is 9.29. The lowest BCUT2D eigenvalue weighted by Gasteiger charge is -2.16. The Balaban J connectivity index is 0.000000706. The van der Waals surface area contributed by atoms with Crippen molar-refractivity contribution >= 4 is 23.7 Å². The highest BCUT2D eigenvalue weighted by atomic mass is 32.2. The summed E-state index contributed by atoms with van der Waals surface area (Å²) in [5.74, 6) is -0.258. The molecule has 0 radical (unpaired) electrons. The van der Waals surface area contributed by atoms with E-state index in [0.717, 1.165) is 56.2 Å². The number of nitrogens with one attached hydrogen (secondary N) is 2. The van der Waals surface area contributed by atoms with Crippen molar-refractivity contribution in [2.24, 2.45) is 5.73 Å². The van der Waals surface area contributed by atoms with Crippen molar-refractivity contribution in [1.29, 1.82) is 5.26 Å². The maximum absolute atomic E-state index is 13.6. The molecule has 146 valence electrons. The second-order valence-electron chi connectivity index (χ2n) is 6.93. The standard InChI is InChI=1S/C20H21FN2OS.CH2N2/c1-12-8-9-15(11-18(12)21)25-23-20(24)22-19-16-6-2-4-13(16)10-14-5-3-7-17(14)19;2-1-3/h8-11H,2-7H2,1H3,(H2,22,23,24);2H2. The summed E-state index contributed by atoms with van der Waals surface area (Å²) in [5.41, 5.74) is 11.2. The van der Waals surface area contributed by atoms with Gasteiger partial charge < -0.3 is 11.1 Å². The average Bonchev–Trinajstić information content (AvgIpc) is 3.32. The number of fused-ring (bicyclic) bond motifs is 2. The molecule has 0 spiro atoms. The van der Waals surface area contributed by atoms with E-state index in [2.05, 4.69) is 21.8 Å². The number of nitrogens with two attached hydrogens (primary N) is 1. The minimum Gasteiger partial charge on any atom is -0.337 e. The minimum atomic E-state index is -0.258. The number of hydrogen-bond donors (Lipinski definition) is 3. The van der Waals surface area contributed by atoms with E-state index in [-0.39, 0.29) is 11.8 Å². The third-order valence-corrected chi connectivity index (χ3v) is 5.89. The lowest BCUT2D eigenvalue weighted by Crippen LogP contribution is -2.24. The highest BCUT2D eigenvalue weighted by molar-refractivity contribution is 7.98. The van der Waals surface area contributed by atoms with Gasteiger partial charge in [-0.25, -0.2) is 9.18 Å². The number of halogens is 1. The topological polar surface area (TPSA) is 90.9 Å². The monoisotopic (exact) mass is 398 g/mol. The van der Waals surface area contributed by atoms with Gasteiger partial charge in [-0.05, 0) is 97.3 Å². The molecular formula is C21H23FN4OS. The van der Waals surface area contributed by atoms with Gasteiger partial charge in [-0.15, -0.1) is 0 Å². The Hall–Kier alpha value is -2.72. The summed E-state index contributed by atoms with van der Waals surface area (Å²) >= 11 is 1.14. The summed E-state index contributed by atoms with van der Waals surface area (Å²) in [6.07, 6.45) is 7.85. The number of nitrogens with zero attached hydrogens (tertiary/aromatic N) is 1. The minimum absolute atomic E-state index is 0.250. The molecule has 5 nitrogen and oxygen atoms in total. The van der Waals surface area contributed by atoms with Crippen molar-refractivity contribution in [3.05, 3.63) is 57.9 Å². The molecule has 0 bridgehead atoms. The SMILES string of the molecule is Cc1ccc(SNC(=O)Nc2c3c(cc4c2CCC4)CCC3)cc1F.N#CN. The fraction of sp³-hybridized carbons (Fsp3) is 0.333. The van der Waals surface area contributed by atoms with Gasteiger partial charge in [0.1, 0.15) is 5.82 Å².